The minimum absolute atomic E-state index is 0.0152. The van der Waals surface area contributed by atoms with Crippen molar-refractivity contribution in [3.63, 3.8) is 0 Å². The number of anilines is 2. The van der Waals surface area contributed by atoms with Crippen LogP contribution in [0.15, 0.2) is 24.3 Å². The summed E-state index contributed by atoms with van der Waals surface area (Å²) in [5, 5.41) is 5.17. The van der Waals surface area contributed by atoms with Gasteiger partial charge in [0.1, 0.15) is 0 Å². The van der Waals surface area contributed by atoms with Crippen LogP contribution in [-0.4, -0.2) is 44.7 Å². The van der Waals surface area contributed by atoms with Gasteiger partial charge in [-0.15, -0.1) is 0 Å². The zero-order valence-electron chi connectivity index (χ0n) is 11.7. The molecule has 1 saturated heterocycles. The van der Waals surface area contributed by atoms with Gasteiger partial charge in [0.2, 0.25) is 11.8 Å². The fraction of sp³-hybridized carbons (Fsp3) is 0.429. The number of carbonyl (C=O) groups excluding carboxylic acids is 2. The first kappa shape index (κ1) is 14.3. The van der Waals surface area contributed by atoms with E-state index in [9.17, 15) is 9.59 Å². The number of ether oxygens (including phenoxy) is 1. The highest BCUT2D eigenvalue weighted by Crippen LogP contribution is 2.23. The van der Waals surface area contributed by atoms with Crippen LogP contribution in [0.2, 0.25) is 0 Å². The van der Waals surface area contributed by atoms with Gasteiger partial charge in [-0.2, -0.15) is 0 Å². The van der Waals surface area contributed by atoms with Crippen LogP contribution in [-0.2, 0) is 14.3 Å². The van der Waals surface area contributed by atoms with E-state index in [-0.39, 0.29) is 18.4 Å². The Hall–Kier alpha value is -2.08. The van der Waals surface area contributed by atoms with Crippen LogP contribution in [0.3, 0.4) is 0 Å². The highest BCUT2D eigenvalue weighted by atomic mass is 16.5. The minimum Gasteiger partial charge on any atom is -0.378 e. The normalized spacial score (nSPS) is 14.6. The van der Waals surface area contributed by atoms with E-state index in [4.69, 9.17) is 4.74 Å². The number of benzene rings is 1. The largest absolute Gasteiger partial charge is 0.378 e. The Morgan fingerprint density at radius 1 is 1.30 bits per heavy atom. The third kappa shape index (κ3) is 3.71. The minimum atomic E-state index is -0.239. The number of amides is 2. The number of nitrogens with one attached hydrogen (secondary N) is 2. The van der Waals surface area contributed by atoms with E-state index in [1.807, 2.05) is 24.3 Å². The maximum absolute atomic E-state index is 11.5. The van der Waals surface area contributed by atoms with Crippen molar-refractivity contribution in [1.29, 1.82) is 0 Å². The Bertz CT molecular complexity index is 481. The van der Waals surface area contributed by atoms with E-state index in [1.165, 1.54) is 6.92 Å². The maximum Gasteiger partial charge on any atom is 0.243 e. The number of methoxy groups -OCH3 is 1. The second-order valence-electron chi connectivity index (χ2n) is 4.77. The van der Waals surface area contributed by atoms with Crippen LogP contribution in [0, 0.1) is 0 Å². The molecule has 0 atom stereocenters. The Balaban J connectivity index is 1.82. The molecule has 2 N–H and O–H groups in total. The number of rotatable bonds is 5. The predicted molar refractivity (Wildman–Crippen MR) is 76.8 cm³/mol. The molecule has 6 nitrogen and oxygen atoms in total. The van der Waals surface area contributed by atoms with Crippen molar-refractivity contribution < 1.29 is 14.3 Å². The molecule has 0 aromatic heterocycles. The van der Waals surface area contributed by atoms with Gasteiger partial charge >= 0.3 is 0 Å². The summed E-state index contributed by atoms with van der Waals surface area (Å²) >= 11 is 0. The Morgan fingerprint density at radius 3 is 2.50 bits per heavy atom. The van der Waals surface area contributed by atoms with Gasteiger partial charge in [-0.05, 0) is 24.3 Å². The molecule has 0 bridgehead atoms. The van der Waals surface area contributed by atoms with Crippen molar-refractivity contribution in [3.05, 3.63) is 24.3 Å². The monoisotopic (exact) mass is 277 g/mol. The van der Waals surface area contributed by atoms with Crippen molar-refractivity contribution >= 4 is 23.2 Å². The lowest BCUT2D eigenvalue weighted by molar-refractivity contribution is -0.122. The SMILES string of the molecule is COC1CN(c2ccc(NC(=O)CNC(C)=O)cc2)C1. The molecule has 0 radical (unpaired) electrons. The fourth-order valence-corrected chi connectivity index (χ4v) is 1.96. The lowest BCUT2D eigenvalue weighted by Gasteiger charge is -2.40. The van der Waals surface area contributed by atoms with Crippen molar-refractivity contribution in [2.45, 2.75) is 13.0 Å². The van der Waals surface area contributed by atoms with Crippen molar-refractivity contribution in [3.8, 4) is 0 Å². The first-order valence-electron chi connectivity index (χ1n) is 6.50. The van der Waals surface area contributed by atoms with Crippen molar-refractivity contribution in [2.75, 3.05) is 37.0 Å². The molecule has 0 unspecified atom stereocenters. The van der Waals surface area contributed by atoms with Crippen LogP contribution in [0.4, 0.5) is 11.4 Å². The average molecular weight is 277 g/mol. The van der Waals surface area contributed by atoms with E-state index in [1.54, 1.807) is 7.11 Å². The lowest BCUT2D eigenvalue weighted by Crippen LogP contribution is -2.51. The van der Waals surface area contributed by atoms with Crippen LogP contribution in [0.5, 0.6) is 0 Å². The van der Waals surface area contributed by atoms with E-state index < -0.39 is 0 Å². The van der Waals surface area contributed by atoms with E-state index >= 15 is 0 Å². The highest BCUT2D eigenvalue weighted by Gasteiger charge is 2.26. The molecule has 1 heterocycles. The quantitative estimate of drug-likeness (QED) is 0.826. The van der Waals surface area contributed by atoms with E-state index in [2.05, 4.69) is 15.5 Å². The molecule has 1 aromatic rings. The molecule has 1 aromatic carbocycles. The van der Waals surface area contributed by atoms with Gasteiger partial charge in [0.25, 0.3) is 0 Å². The topological polar surface area (TPSA) is 70.7 Å². The summed E-state index contributed by atoms with van der Waals surface area (Å²) in [6, 6.07) is 7.61. The standard InChI is InChI=1S/C14H19N3O3/c1-10(18)15-7-14(19)16-11-3-5-12(6-4-11)17-8-13(9-17)20-2/h3-6,13H,7-9H2,1-2H3,(H,15,18)(H,16,19). The second kappa shape index (κ2) is 6.38. The second-order valence-corrected chi connectivity index (χ2v) is 4.77. The lowest BCUT2D eigenvalue weighted by atomic mass is 10.1. The number of hydrogen-bond donors (Lipinski definition) is 2. The van der Waals surface area contributed by atoms with Crippen LogP contribution < -0.4 is 15.5 Å². The first-order chi connectivity index (χ1) is 9.58. The van der Waals surface area contributed by atoms with E-state index in [0.717, 1.165) is 18.8 Å². The Morgan fingerprint density at radius 2 is 1.95 bits per heavy atom. The summed E-state index contributed by atoms with van der Waals surface area (Å²) in [5.41, 5.74) is 1.83. The van der Waals surface area contributed by atoms with Gasteiger partial charge in [-0.25, -0.2) is 0 Å². The van der Waals surface area contributed by atoms with Gasteiger partial charge in [0, 0.05) is 38.5 Å². The zero-order chi connectivity index (χ0) is 14.5. The summed E-state index contributed by atoms with van der Waals surface area (Å²) in [6.45, 7) is 3.15. The number of carbonyl (C=O) groups is 2. The summed E-state index contributed by atoms with van der Waals surface area (Å²) in [7, 11) is 1.72. The van der Waals surface area contributed by atoms with Crippen molar-refractivity contribution in [2.24, 2.45) is 0 Å². The Labute approximate surface area is 118 Å². The average Bonchev–Trinajstić information content (AvgIpc) is 2.37. The summed E-state index contributed by atoms with van der Waals surface area (Å²) in [5.74, 6) is -0.461. The van der Waals surface area contributed by atoms with Crippen LogP contribution in [0.25, 0.3) is 0 Å². The first-order valence-corrected chi connectivity index (χ1v) is 6.50. The molecule has 1 aliphatic heterocycles. The molecule has 2 rings (SSSR count). The highest BCUT2D eigenvalue weighted by molar-refractivity contribution is 5.94. The third-order valence-electron chi connectivity index (χ3n) is 3.20. The molecule has 1 fully saturated rings. The van der Waals surface area contributed by atoms with Gasteiger partial charge in [0.05, 0.1) is 12.6 Å². The molecule has 0 spiro atoms. The molecule has 2 amide bonds. The van der Waals surface area contributed by atoms with Crippen molar-refractivity contribution in [1.82, 2.24) is 5.32 Å². The third-order valence-corrected chi connectivity index (χ3v) is 3.20. The van der Waals surface area contributed by atoms with Gasteiger partial charge in [0.15, 0.2) is 0 Å². The van der Waals surface area contributed by atoms with Crippen LogP contribution >= 0.6 is 0 Å². The summed E-state index contributed by atoms with van der Waals surface area (Å²) in [4.78, 5) is 24.4. The van der Waals surface area contributed by atoms with Crippen LogP contribution in [0.1, 0.15) is 6.92 Å². The maximum atomic E-state index is 11.5. The summed E-state index contributed by atoms with van der Waals surface area (Å²) in [6.07, 6.45) is 0.312. The zero-order valence-corrected chi connectivity index (χ0v) is 11.7. The molecule has 6 heteroatoms. The van der Waals surface area contributed by atoms with E-state index in [0.29, 0.717) is 11.8 Å². The molecule has 20 heavy (non-hydrogen) atoms. The molecule has 0 saturated carbocycles. The van der Waals surface area contributed by atoms with Gasteiger partial charge in [-0.3, -0.25) is 9.59 Å². The smallest absolute Gasteiger partial charge is 0.243 e. The fourth-order valence-electron chi connectivity index (χ4n) is 1.96. The molecule has 0 aliphatic carbocycles. The number of nitrogens with zero attached hydrogens (tertiary/aromatic N) is 1. The number of hydrogen-bond acceptors (Lipinski definition) is 4. The molecular formula is C14H19N3O3. The van der Waals surface area contributed by atoms with Gasteiger partial charge in [-0.1, -0.05) is 0 Å². The predicted octanol–water partition coefficient (Wildman–Crippen LogP) is 0.596. The molecular weight excluding hydrogens is 258 g/mol. The molecule has 108 valence electrons. The Kier molecular flexibility index (Phi) is 4.57. The summed E-state index contributed by atoms with van der Waals surface area (Å²) < 4.78 is 5.23. The van der Waals surface area contributed by atoms with Gasteiger partial charge < -0.3 is 20.3 Å². The molecule has 1 aliphatic rings.